The summed E-state index contributed by atoms with van der Waals surface area (Å²) in [5, 5.41) is 5.42. The first-order chi connectivity index (χ1) is 15.8. The van der Waals surface area contributed by atoms with Gasteiger partial charge in [-0.1, -0.05) is 6.07 Å². The highest BCUT2D eigenvalue weighted by Gasteiger charge is 2.27. The number of hydrogen-bond donors (Lipinski definition) is 2. The van der Waals surface area contributed by atoms with E-state index in [1.807, 2.05) is 0 Å². The summed E-state index contributed by atoms with van der Waals surface area (Å²) in [5.74, 6) is -1.55. The SMILES string of the molecule is COC(=O)c1c(NC(=O)c2cccc(F)c2)sc(C(=O)Nc2cc(OC)ccc2OC)c1C. The van der Waals surface area contributed by atoms with Crippen LogP contribution in [-0.2, 0) is 4.74 Å². The molecule has 3 aromatic rings. The Balaban J connectivity index is 1.96. The highest BCUT2D eigenvalue weighted by molar-refractivity contribution is 7.19. The molecule has 0 unspecified atom stereocenters. The third kappa shape index (κ3) is 5.12. The van der Waals surface area contributed by atoms with Crippen LogP contribution in [0.5, 0.6) is 11.5 Å². The molecule has 0 aliphatic heterocycles. The van der Waals surface area contributed by atoms with Crippen molar-refractivity contribution >= 4 is 39.8 Å². The standard InChI is InChI=1S/C23H21FN2O6S/c1-12-18(23(29)32-4)22(26-20(27)13-6-5-7-14(24)10-13)33-19(12)21(28)25-16-11-15(30-2)8-9-17(16)31-3/h5-11H,1-4H3,(H,25,28)(H,26,27). The third-order valence-corrected chi connectivity index (χ3v) is 5.92. The first-order valence-corrected chi connectivity index (χ1v) is 10.4. The highest BCUT2D eigenvalue weighted by atomic mass is 32.1. The molecule has 3 rings (SSSR count). The Morgan fingerprint density at radius 2 is 1.70 bits per heavy atom. The van der Waals surface area contributed by atoms with Gasteiger partial charge in [-0.2, -0.15) is 0 Å². The fraction of sp³-hybridized carbons (Fsp3) is 0.174. The molecule has 0 aliphatic carbocycles. The molecular weight excluding hydrogens is 451 g/mol. The van der Waals surface area contributed by atoms with Gasteiger partial charge >= 0.3 is 5.97 Å². The highest BCUT2D eigenvalue weighted by Crippen LogP contribution is 2.36. The van der Waals surface area contributed by atoms with Gasteiger partial charge < -0.3 is 24.8 Å². The Morgan fingerprint density at radius 1 is 0.939 bits per heavy atom. The molecule has 2 amide bonds. The maximum atomic E-state index is 13.5. The molecule has 0 aliphatic rings. The number of rotatable bonds is 7. The van der Waals surface area contributed by atoms with E-state index in [-0.39, 0.29) is 21.0 Å². The molecule has 2 aromatic carbocycles. The van der Waals surface area contributed by atoms with E-state index in [0.29, 0.717) is 22.7 Å². The van der Waals surface area contributed by atoms with Crippen LogP contribution in [-0.4, -0.2) is 39.1 Å². The average molecular weight is 472 g/mol. The number of nitrogens with one attached hydrogen (secondary N) is 2. The summed E-state index contributed by atoms with van der Waals surface area (Å²) >= 11 is 0.897. The maximum absolute atomic E-state index is 13.5. The van der Waals surface area contributed by atoms with E-state index in [2.05, 4.69) is 10.6 Å². The Labute approximate surface area is 193 Å². The molecule has 2 N–H and O–H groups in total. The molecule has 0 saturated heterocycles. The Morgan fingerprint density at radius 3 is 2.33 bits per heavy atom. The number of methoxy groups -OCH3 is 3. The number of carbonyl (C=O) groups is 3. The molecule has 0 radical (unpaired) electrons. The zero-order valence-electron chi connectivity index (χ0n) is 18.3. The van der Waals surface area contributed by atoms with Crippen molar-refractivity contribution < 1.29 is 33.0 Å². The molecule has 0 saturated carbocycles. The minimum absolute atomic E-state index is 0.0370. The molecule has 1 aromatic heterocycles. The van der Waals surface area contributed by atoms with Crippen molar-refractivity contribution in [2.75, 3.05) is 32.0 Å². The van der Waals surface area contributed by atoms with Crippen LogP contribution in [0.4, 0.5) is 15.1 Å². The van der Waals surface area contributed by atoms with Crippen LogP contribution in [0.1, 0.15) is 36.0 Å². The van der Waals surface area contributed by atoms with Crippen LogP contribution in [0.25, 0.3) is 0 Å². The van der Waals surface area contributed by atoms with Crippen LogP contribution >= 0.6 is 11.3 Å². The predicted molar refractivity (Wildman–Crippen MR) is 122 cm³/mol. The van der Waals surface area contributed by atoms with E-state index < -0.39 is 23.6 Å². The second kappa shape index (κ2) is 10.1. The smallest absolute Gasteiger partial charge is 0.341 e. The zero-order valence-corrected chi connectivity index (χ0v) is 19.1. The van der Waals surface area contributed by atoms with Crippen LogP contribution in [0.3, 0.4) is 0 Å². The summed E-state index contributed by atoms with van der Waals surface area (Å²) in [5.41, 5.74) is 0.777. The average Bonchev–Trinajstić information content (AvgIpc) is 3.14. The van der Waals surface area contributed by atoms with Gasteiger partial charge in [-0.25, -0.2) is 9.18 Å². The zero-order chi connectivity index (χ0) is 24.1. The lowest BCUT2D eigenvalue weighted by molar-refractivity contribution is 0.0601. The number of hydrogen-bond acceptors (Lipinski definition) is 7. The van der Waals surface area contributed by atoms with Crippen molar-refractivity contribution in [3.8, 4) is 11.5 Å². The molecule has 172 valence electrons. The van der Waals surface area contributed by atoms with E-state index in [0.717, 1.165) is 17.4 Å². The lowest BCUT2D eigenvalue weighted by atomic mass is 10.1. The number of carbonyl (C=O) groups excluding carboxylic acids is 3. The second-order valence-electron chi connectivity index (χ2n) is 6.74. The van der Waals surface area contributed by atoms with Crippen LogP contribution in [0, 0.1) is 12.7 Å². The molecule has 8 nitrogen and oxygen atoms in total. The van der Waals surface area contributed by atoms with Crippen molar-refractivity contribution in [1.29, 1.82) is 0 Å². The minimum Gasteiger partial charge on any atom is -0.497 e. The van der Waals surface area contributed by atoms with Gasteiger partial charge in [-0.3, -0.25) is 9.59 Å². The van der Waals surface area contributed by atoms with E-state index >= 15 is 0 Å². The summed E-state index contributed by atoms with van der Waals surface area (Å²) in [6, 6.07) is 10.0. The fourth-order valence-electron chi connectivity index (χ4n) is 3.06. The van der Waals surface area contributed by atoms with Crippen LogP contribution < -0.4 is 20.1 Å². The quantitative estimate of drug-likeness (QED) is 0.491. The first-order valence-electron chi connectivity index (χ1n) is 9.61. The van der Waals surface area contributed by atoms with Crippen molar-refractivity contribution in [3.05, 3.63) is 69.8 Å². The Hall–Kier alpha value is -3.92. The predicted octanol–water partition coefficient (Wildman–Crippen LogP) is 4.50. The maximum Gasteiger partial charge on any atom is 0.341 e. The number of halogens is 1. The van der Waals surface area contributed by atoms with Crippen LogP contribution in [0.15, 0.2) is 42.5 Å². The van der Waals surface area contributed by atoms with Gasteiger partial charge in [0.05, 0.1) is 37.5 Å². The van der Waals surface area contributed by atoms with Gasteiger partial charge in [0.25, 0.3) is 11.8 Å². The summed E-state index contributed by atoms with van der Waals surface area (Å²) in [4.78, 5) is 38.3. The van der Waals surface area contributed by atoms with Gasteiger partial charge in [0.2, 0.25) is 0 Å². The van der Waals surface area contributed by atoms with Gasteiger partial charge in [0, 0.05) is 11.6 Å². The van der Waals surface area contributed by atoms with E-state index in [1.54, 1.807) is 25.1 Å². The topological polar surface area (TPSA) is 103 Å². The normalized spacial score (nSPS) is 10.3. The largest absolute Gasteiger partial charge is 0.497 e. The molecule has 0 fully saturated rings. The monoisotopic (exact) mass is 472 g/mol. The Kier molecular flexibility index (Phi) is 7.29. The van der Waals surface area contributed by atoms with Gasteiger partial charge in [0.15, 0.2) is 0 Å². The number of ether oxygens (including phenoxy) is 3. The lowest BCUT2D eigenvalue weighted by Crippen LogP contribution is -2.14. The van der Waals surface area contributed by atoms with Crippen LogP contribution in [0.2, 0.25) is 0 Å². The van der Waals surface area contributed by atoms with E-state index in [1.165, 1.54) is 39.5 Å². The molecule has 0 bridgehead atoms. The molecular formula is C23H21FN2O6S. The second-order valence-corrected chi connectivity index (χ2v) is 7.76. The molecule has 0 atom stereocenters. The molecule has 1 heterocycles. The number of thiophene rings is 1. The van der Waals surface area contributed by atoms with Gasteiger partial charge in [-0.05, 0) is 42.8 Å². The van der Waals surface area contributed by atoms with Crippen molar-refractivity contribution in [2.45, 2.75) is 6.92 Å². The number of amides is 2. The Bertz CT molecular complexity index is 1220. The third-order valence-electron chi connectivity index (χ3n) is 4.71. The summed E-state index contributed by atoms with van der Waals surface area (Å²) in [7, 11) is 4.15. The number of benzene rings is 2. The number of esters is 1. The summed E-state index contributed by atoms with van der Waals surface area (Å²) in [6.45, 7) is 1.57. The van der Waals surface area contributed by atoms with E-state index in [4.69, 9.17) is 14.2 Å². The van der Waals surface area contributed by atoms with Crippen molar-refractivity contribution in [1.82, 2.24) is 0 Å². The van der Waals surface area contributed by atoms with Crippen molar-refractivity contribution in [3.63, 3.8) is 0 Å². The summed E-state index contributed by atoms with van der Waals surface area (Å²) in [6.07, 6.45) is 0. The van der Waals surface area contributed by atoms with E-state index in [9.17, 15) is 18.8 Å². The molecule has 10 heteroatoms. The molecule has 0 spiro atoms. The molecule has 33 heavy (non-hydrogen) atoms. The number of anilines is 2. The first kappa shape index (κ1) is 23.7. The fourth-order valence-corrected chi connectivity index (χ4v) is 4.15. The summed E-state index contributed by atoms with van der Waals surface area (Å²) < 4.78 is 28.8. The minimum atomic E-state index is -0.726. The van der Waals surface area contributed by atoms with Crippen molar-refractivity contribution in [2.24, 2.45) is 0 Å². The lowest BCUT2D eigenvalue weighted by Gasteiger charge is -2.11. The van der Waals surface area contributed by atoms with Gasteiger partial charge in [0.1, 0.15) is 22.3 Å². The van der Waals surface area contributed by atoms with Gasteiger partial charge in [-0.15, -0.1) is 11.3 Å².